The largest absolute Gasteiger partial charge is 0.392 e. The van der Waals surface area contributed by atoms with Crippen LogP contribution in [0.25, 0.3) is 0 Å². The molecular formula is C19H18N2O2S. The molecule has 0 aliphatic rings. The summed E-state index contributed by atoms with van der Waals surface area (Å²) in [5.74, 6) is -0.167. The Morgan fingerprint density at radius 1 is 1.12 bits per heavy atom. The van der Waals surface area contributed by atoms with Gasteiger partial charge < -0.3 is 10.4 Å². The van der Waals surface area contributed by atoms with E-state index in [0.29, 0.717) is 10.6 Å². The summed E-state index contributed by atoms with van der Waals surface area (Å²) in [5.41, 5.74) is 3.35. The number of nitrogens with zero attached hydrogens (tertiary/aromatic N) is 1. The molecule has 0 saturated heterocycles. The predicted octanol–water partition coefficient (Wildman–Crippen LogP) is 3.79. The summed E-state index contributed by atoms with van der Waals surface area (Å²) in [5, 5.41) is 13.0. The number of rotatable bonds is 5. The molecule has 24 heavy (non-hydrogen) atoms. The van der Waals surface area contributed by atoms with Crippen LogP contribution in [0, 0.1) is 6.92 Å². The van der Waals surface area contributed by atoms with Crippen molar-refractivity contribution in [1.82, 2.24) is 4.98 Å². The van der Waals surface area contributed by atoms with E-state index in [4.69, 9.17) is 0 Å². The third-order valence-electron chi connectivity index (χ3n) is 3.61. The standard InChI is InChI=1S/C19H18N2O2S/c1-13-18(19(23)21-16-9-5-8-15(10-16)12-22)24-17(20-13)11-14-6-3-2-4-7-14/h2-10,22H,11-12H2,1H3,(H,21,23). The van der Waals surface area contributed by atoms with E-state index in [2.05, 4.69) is 22.4 Å². The Morgan fingerprint density at radius 2 is 1.88 bits per heavy atom. The number of anilines is 1. The van der Waals surface area contributed by atoms with E-state index in [0.717, 1.165) is 22.7 Å². The zero-order valence-corrected chi connectivity index (χ0v) is 14.1. The molecule has 3 rings (SSSR count). The highest BCUT2D eigenvalue weighted by atomic mass is 32.1. The Balaban J connectivity index is 1.75. The molecule has 0 unspecified atom stereocenters. The number of thiazole rings is 1. The number of aliphatic hydroxyl groups excluding tert-OH is 1. The number of carbonyl (C=O) groups is 1. The Kier molecular flexibility index (Phi) is 5.03. The summed E-state index contributed by atoms with van der Waals surface area (Å²) in [6.07, 6.45) is 0.722. The summed E-state index contributed by atoms with van der Waals surface area (Å²) in [6.45, 7) is 1.80. The molecule has 0 aliphatic carbocycles. The molecular weight excluding hydrogens is 320 g/mol. The molecule has 0 bridgehead atoms. The molecule has 0 saturated carbocycles. The van der Waals surface area contributed by atoms with Gasteiger partial charge in [-0.2, -0.15) is 0 Å². The molecule has 0 fully saturated rings. The van der Waals surface area contributed by atoms with Crippen molar-refractivity contribution in [3.05, 3.63) is 81.3 Å². The molecule has 5 heteroatoms. The van der Waals surface area contributed by atoms with Crippen LogP contribution in [0.4, 0.5) is 5.69 Å². The summed E-state index contributed by atoms with van der Waals surface area (Å²) >= 11 is 1.42. The lowest BCUT2D eigenvalue weighted by Crippen LogP contribution is -2.11. The first-order valence-corrected chi connectivity index (χ1v) is 8.49. The number of aliphatic hydroxyl groups is 1. The molecule has 1 amide bonds. The van der Waals surface area contributed by atoms with Crippen molar-refractivity contribution in [2.24, 2.45) is 0 Å². The van der Waals surface area contributed by atoms with Crippen molar-refractivity contribution in [2.75, 3.05) is 5.32 Å². The van der Waals surface area contributed by atoms with Crippen LogP contribution in [0.2, 0.25) is 0 Å². The number of amides is 1. The summed E-state index contributed by atoms with van der Waals surface area (Å²) in [4.78, 5) is 17.6. The first-order valence-electron chi connectivity index (χ1n) is 7.67. The van der Waals surface area contributed by atoms with E-state index in [1.807, 2.05) is 37.3 Å². The fourth-order valence-electron chi connectivity index (χ4n) is 2.44. The second-order valence-electron chi connectivity index (χ2n) is 5.50. The molecule has 2 aromatic carbocycles. The smallest absolute Gasteiger partial charge is 0.267 e. The van der Waals surface area contributed by atoms with Crippen molar-refractivity contribution >= 4 is 22.9 Å². The van der Waals surface area contributed by atoms with Gasteiger partial charge in [0.05, 0.1) is 17.3 Å². The van der Waals surface area contributed by atoms with Crippen LogP contribution in [-0.4, -0.2) is 16.0 Å². The van der Waals surface area contributed by atoms with Gasteiger partial charge in [-0.1, -0.05) is 42.5 Å². The number of benzene rings is 2. The number of aryl methyl sites for hydroxylation is 1. The normalized spacial score (nSPS) is 10.6. The summed E-state index contributed by atoms with van der Waals surface area (Å²) < 4.78 is 0. The summed E-state index contributed by atoms with van der Waals surface area (Å²) in [6, 6.07) is 17.3. The number of hydrogen-bond acceptors (Lipinski definition) is 4. The van der Waals surface area contributed by atoms with E-state index >= 15 is 0 Å². The Hall–Kier alpha value is -2.50. The van der Waals surface area contributed by atoms with Crippen LogP contribution in [0.1, 0.15) is 31.5 Å². The van der Waals surface area contributed by atoms with Crippen LogP contribution in [0.3, 0.4) is 0 Å². The van der Waals surface area contributed by atoms with Crippen LogP contribution in [0.5, 0.6) is 0 Å². The highest BCUT2D eigenvalue weighted by Crippen LogP contribution is 2.22. The van der Waals surface area contributed by atoms with Crippen LogP contribution in [-0.2, 0) is 13.0 Å². The van der Waals surface area contributed by atoms with Gasteiger partial charge in [-0.3, -0.25) is 4.79 Å². The third kappa shape index (κ3) is 3.88. The van der Waals surface area contributed by atoms with Gasteiger partial charge in [-0.15, -0.1) is 11.3 Å². The predicted molar refractivity (Wildman–Crippen MR) is 96.4 cm³/mol. The van der Waals surface area contributed by atoms with Gasteiger partial charge >= 0.3 is 0 Å². The van der Waals surface area contributed by atoms with Crippen molar-refractivity contribution in [2.45, 2.75) is 20.0 Å². The van der Waals surface area contributed by atoms with E-state index in [9.17, 15) is 9.90 Å². The molecule has 2 N–H and O–H groups in total. The lowest BCUT2D eigenvalue weighted by atomic mass is 10.2. The molecule has 4 nitrogen and oxygen atoms in total. The minimum absolute atomic E-state index is 0.0511. The van der Waals surface area contributed by atoms with Gasteiger partial charge in [0.15, 0.2) is 0 Å². The highest BCUT2D eigenvalue weighted by Gasteiger charge is 2.15. The minimum Gasteiger partial charge on any atom is -0.392 e. The number of carbonyl (C=O) groups excluding carboxylic acids is 1. The average molecular weight is 338 g/mol. The topological polar surface area (TPSA) is 62.2 Å². The SMILES string of the molecule is Cc1nc(Cc2ccccc2)sc1C(=O)Nc1cccc(CO)c1. The molecule has 0 spiro atoms. The molecule has 0 radical (unpaired) electrons. The van der Waals surface area contributed by atoms with Crippen LogP contribution in [0.15, 0.2) is 54.6 Å². The molecule has 0 aliphatic heterocycles. The average Bonchev–Trinajstić information content (AvgIpc) is 2.96. The fraction of sp³-hybridized carbons (Fsp3) is 0.158. The second kappa shape index (κ2) is 7.38. The van der Waals surface area contributed by atoms with Gasteiger partial charge in [0, 0.05) is 12.1 Å². The molecule has 0 atom stereocenters. The van der Waals surface area contributed by atoms with E-state index in [1.54, 1.807) is 12.1 Å². The fourth-order valence-corrected chi connectivity index (χ4v) is 3.44. The first kappa shape index (κ1) is 16.4. The van der Waals surface area contributed by atoms with Gasteiger partial charge in [-0.25, -0.2) is 4.98 Å². The van der Waals surface area contributed by atoms with Crippen LogP contribution >= 0.6 is 11.3 Å². The van der Waals surface area contributed by atoms with Gasteiger partial charge in [0.2, 0.25) is 0 Å². The summed E-state index contributed by atoms with van der Waals surface area (Å²) in [7, 11) is 0. The lowest BCUT2D eigenvalue weighted by molar-refractivity contribution is 0.103. The first-order chi connectivity index (χ1) is 11.7. The van der Waals surface area contributed by atoms with Crippen molar-refractivity contribution < 1.29 is 9.90 Å². The number of aromatic nitrogens is 1. The Labute approximate surface area is 144 Å². The monoisotopic (exact) mass is 338 g/mol. The zero-order chi connectivity index (χ0) is 16.9. The van der Waals surface area contributed by atoms with E-state index in [-0.39, 0.29) is 12.5 Å². The van der Waals surface area contributed by atoms with Crippen molar-refractivity contribution in [3.63, 3.8) is 0 Å². The maximum atomic E-state index is 12.5. The van der Waals surface area contributed by atoms with E-state index in [1.165, 1.54) is 16.9 Å². The second-order valence-corrected chi connectivity index (χ2v) is 6.58. The number of nitrogens with one attached hydrogen (secondary N) is 1. The maximum Gasteiger partial charge on any atom is 0.267 e. The third-order valence-corrected chi connectivity index (χ3v) is 4.77. The van der Waals surface area contributed by atoms with Crippen molar-refractivity contribution in [3.8, 4) is 0 Å². The molecule has 122 valence electrons. The van der Waals surface area contributed by atoms with Gasteiger partial charge in [-0.05, 0) is 30.2 Å². The molecule has 1 heterocycles. The van der Waals surface area contributed by atoms with Gasteiger partial charge in [0.1, 0.15) is 4.88 Å². The molecule has 3 aromatic rings. The zero-order valence-electron chi connectivity index (χ0n) is 13.3. The quantitative estimate of drug-likeness (QED) is 0.744. The lowest BCUT2D eigenvalue weighted by Gasteiger charge is -2.05. The van der Waals surface area contributed by atoms with E-state index < -0.39 is 0 Å². The highest BCUT2D eigenvalue weighted by molar-refractivity contribution is 7.14. The van der Waals surface area contributed by atoms with Crippen LogP contribution < -0.4 is 5.32 Å². The minimum atomic E-state index is -0.167. The van der Waals surface area contributed by atoms with Gasteiger partial charge in [0.25, 0.3) is 5.91 Å². The van der Waals surface area contributed by atoms with Crippen molar-refractivity contribution in [1.29, 1.82) is 0 Å². The Bertz CT molecular complexity index is 844. The molecule has 1 aromatic heterocycles. The maximum absolute atomic E-state index is 12.5. The number of hydrogen-bond donors (Lipinski definition) is 2. The Morgan fingerprint density at radius 3 is 2.62 bits per heavy atom.